The summed E-state index contributed by atoms with van der Waals surface area (Å²) in [7, 11) is -3.25. The minimum atomic E-state index is -2.36. The van der Waals surface area contributed by atoms with Crippen molar-refractivity contribution in [3.8, 4) is 11.7 Å². The zero-order valence-electron chi connectivity index (χ0n) is 44.1. The summed E-state index contributed by atoms with van der Waals surface area (Å²) < 4.78 is 6.25. The van der Waals surface area contributed by atoms with E-state index in [0.29, 0.717) is 6.61 Å². The van der Waals surface area contributed by atoms with E-state index in [1.165, 1.54) is 53.3 Å². The molecule has 5 heteroatoms. The number of hydrogen-bond donors (Lipinski definition) is 0. The summed E-state index contributed by atoms with van der Waals surface area (Å²) in [4.78, 5) is 0. The molecule has 1 unspecified atom stereocenters. The van der Waals surface area contributed by atoms with Gasteiger partial charge in [-0.1, -0.05) is 260 Å². The molecule has 384 valence electrons. The van der Waals surface area contributed by atoms with Crippen molar-refractivity contribution >= 4 is 70.8 Å². The number of benzene rings is 10. The van der Waals surface area contributed by atoms with Crippen LogP contribution in [0.4, 0.5) is 0 Å². The van der Waals surface area contributed by atoms with Crippen LogP contribution >= 0.6 is 23.1 Å². The third-order valence-electron chi connectivity index (χ3n) is 12.6. The van der Waals surface area contributed by atoms with Gasteiger partial charge < -0.3 is 17.1 Å². The molecular weight excluding hydrogens is 1090 g/mol. The van der Waals surface area contributed by atoms with Crippen molar-refractivity contribution in [3.63, 3.8) is 0 Å². The first-order valence-electron chi connectivity index (χ1n) is 26.0. The number of para-hydroxylation sites is 1. The van der Waals surface area contributed by atoms with Crippen molar-refractivity contribution in [2.45, 2.75) is 19.5 Å². The minimum absolute atomic E-state index is 0. The molecule has 1 atom stereocenters. The second kappa shape index (κ2) is 31.7. The Labute approximate surface area is 480 Å². The first-order valence-corrected chi connectivity index (χ1v) is 30.5. The Morgan fingerprint density at radius 3 is 0.936 bits per heavy atom. The average Bonchev–Trinajstić information content (AvgIpc) is 4.24. The van der Waals surface area contributed by atoms with E-state index in [4.69, 9.17) is 11.2 Å². The van der Waals surface area contributed by atoms with Crippen molar-refractivity contribution in [3.05, 3.63) is 351 Å². The first-order chi connectivity index (χ1) is 38.1. The van der Waals surface area contributed by atoms with E-state index in [0.717, 1.165) is 11.3 Å². The molecule has 0 saturated heterocycles. The van der Waals surface area contributed by atoms with Crippen molar-refractivity contribution in [1.82, 2.24) is 0 Å². The maximum Gasteiger partial charge on any atom is 2.00 e. The number of ether oxygens (including phenoxy) is 1. The van der Waals surface area contributed by atoms with E-state index in [1.54, 1.807) is 0 Å². The zero-order valence-corrected chi connectivity index (χ0v) is 48.6. The van der Waals surface area contributed by atoms with E-state index in [-0.39, 0.29) is 25.1 Å². The predicted octanol–water partition coefficient (Wildman–Crippen LogP) is 14.9. The van der Waals surface area contributed by atoms with Crippen LogP contribution in [-0.2, 0) is 19.5 Å². The van der Waals surface area contributed by atoms with Gasteiger partial charge in [-0.2, -0.15) is 18.2 Å². The van der Waals surface area contributed by atoms with Crippen LogP contribution in [0.15, 0.2) is 339 Å². The van der Waals surface area contributed by atoms with Gasteiger partial charge in [-0.25, -0.2) is 12.1 Å². The van der Waals surface area contributed by atoms with E-state index in [2.05, 4.69) is 287 Å². The normalized spacial score (nSPS) is 10.8. The molecule has 0 aliphatic carbocycles. The molecule has 0 bridgehead atoms. The smallest absolute Gasteiger partial charge is 0.689 e. The Morgan fingerprint density at radius 1 is 0.410 bits per heavy atom. The monoisotopic (exact) mass is 1150 g/mol. The van der Waals surface area contributed by atoms with Gasteiger partial charge in [0.05, 0.1) is 0 Å². The Morgan fingerprint density at radius 2 is 0.679 bits per heavy atom. The van der Waals surface area contributed by atoms with Crippen LogP contribution in [0.5, 0.6) is 5.75 Å². The molecule has 0 aliphatic rings. The fraction of sp³-hybridized carbons (Fsp3) is 0.0548. The van der Waals surface area contributed by atoms with Gasteiger partial charge in [0.25, 0.3) is 0 Å². The molecule has 11 aromatic carbocycles. The fourth-order valence-electron chi connectivity index (χ4n) is 9.08. The fourth-order valence-corrected chi connectivity index (χ4v) is 18.2. The molecule has 0 heterocycles. The molecule has 0 N–H and O–H groups in total. The summed E-state index contributed by atoms with van der Waals surface area (Å²) in [6, 6.07) is 115. The van der Waals surface area contributed by atoms with Gasteiger partial charge in [-0.15, -0.1) is 0 Å². The van der Waals surface area contributed by atoms with Crippen LogP contribution < -0.4 is 52.5 Å². The molecule has 11 rings (SSSR count). The third kappa shape index (κ3) is 15.8. The van der Waals surface area contributed by atoms with E-state index < -0.39 is 23.1 Å². The standard InChI is InChI=1S/C32H29OP.2C18H15P.C5H5.Ru/c1-4-32(30-22-14-15-23-31(30)33-25-24-26(2)3)34(27-16-8-5-9-17-27,28-18-10-6-11-19-28)29-20-12-7-13-21-29;2*1-4-10-16(11-5-1)19(17-12-6-2-7-13-17)18-14-8-3-9-15-18;1-2-4-5-3-1;/h5-24,32H,25H2,2-3H3;2*1-15H;1-5H;/q;;;-1;+2. The molecule has 0 fully saturated rings. The Hall–Kier alpha value is -7.44. The van der Waals surface area contributed by atoms with E-state index in [9.17, 15) is 0 Å². The molecule has 0 aromatic heterocycles. The van der Waals surface area contributed by atoms with Crippen LogP contribution in [-0.4, -0.2) is 6.61 Å². The maximum absolute atomic E-state index is 8.65. The Balaban J connectivity index is 0.000000170. The van der Waals surface area contributed by atoms with Crippen molar-refractivity contribution < 1.29 is 24.2 Å². The van der Waals surface area contributed by atoms with Crippen LogP contribution in [0.25, 0.3) is 0 Å². The van der Waals surface area contributed by atoms with Gasteiger partial charge in [-0.3, -0.25) is 0 Å². The van der Waals surface area contributed by atoms with Gasteiger partial charge in [0.1, 0.15) is 41.2 Å². The molecule has 0 saturated carbocycles. The second-order valence-electron chi connectivity index (χ2n) is 18.1. The van der Waals surface area contributed by atoms with Crippen molar-refractivity contribution in [2.24, 2.45) is 0 Å². The largest absolute Gasteiger partial charge is 2.00 e. The Kier molecular flexibility index (Phi) is 23.7. The van der Waals surface area contributed by atoms with Crippen molar-refractivity contribution in [1.29, 1.82) is 0 Å². The van der Waals surface area contributed by atoms with Crippen LogP contribution in [0.3, 0.4) is 0 Å². The second-order valence-corrected chi connectivity index (χ2v) is 26.0. The molecule has 78 heavy (non-hydrogen) atoms. The topological polar surface area (TPSA) is 9.23 Å². The molecule has 0 amide bonds. The van der Waals surface area contributed by atoms with Crippen LogP contribution in [0.1, 0.15) is 25.1 Å². The molecule has 0 aliphatic heterocycles. The third-order valence-corrected chi connectivity index (χ3v) is 22.0. The zero-order chi connectivity index (χ0) is 53.2. The van der Waals surface area contributed by atoms with Crippen LogP contribution in [0, 0.1) is 12.3 Å². The summed E-state index contributed by atoms with van der Waals surface area (Å²) >= 11 is 0. The molecule has 11 aromatic rings. The predicted molar refractivity (Wildman–Crippen MR) is 339 cm³/mol. The minimum Gasteiger partial charge on any atom is -0.689 e. The summed E-state index contributed by atoms with van der Waals surface area (Å²) in [5.41, 5.74) is 1.90. The quantitative estimate of drug-likeness (QED) is 0.0347. The summed E-state index contributed by atoms with van der Waals surface area (Å²) in [6.45, 7) is 4.64. The molecule has 0 spiro atoms. The number of allylic oxidation sites excluding steroid dienone is 1. The molecule has 1 nitrogen and oxygen atoms in total. The van der Waals surface area contributed by atoms with Crippen LogP contribution in [0.2, 0.25) is 0 Å². The van der Waals surface area contributed by atoms with Gasteiger partial charge in [-0.05, 0) is 110 Å². The van der Waals surface area contributed by atoms with Gasteiger partial charge in [0.2, 0.25) is 0 Å². The number of rotatable bonds is 14. The molecular formula is C73H64OP3Ru+. The summed E-state index contributed by atoms with van der Waals surface area (Å²) in [5, 5.41) is 12.0. The molecule has 0 radical (unpaired) electrons. The average molecular weight is 1150 g/mol. The van der Waals surface area contributed by atoms with Gasteiger partial charge in [0, 0.05) is 5.56 Å². The van der Waals surface area contributed by atoms with E-state index in [1.807, 2.05) is 66.7 Å². The summed E-state index contributed by atoms with van der Waals surface area (Å²) in [6.07, 6.45) is 10.7. The van der Waals surface area contributed by atoms with Gasteiger partial charge >= 0.3 is 19.5 Å². The van der Waals surface area contributed by atoms with E-state index >= 15 is 0 Å². The first kappa shape index (κ1) is 58.3. The SMILES string of the molecule is [C-]#CC(c1ccccc1OCC=C(C)C)[P+](c1ccccc1)(c1ccccc1)c1ccccc1.[Ru+2].c1cc[cH-]c1.c1ccc(P(c2ccccc2)c2ccccc2)cc1.c1ccc(P(c2ccccc2)c2ccccc2)cc1. The maximum atomic E-state index is 8.65. The van der Waals surface area contributed by atoms with Gasteiger partial charge in [0.15, 0.2) is 0 Å². The Bertz CT molecular complexity index is 2990. The summed E-state index contributed by atoms with van der Waals surface area (Å²) in [5.74, 6) is 3.80. The van der Waals surface area contributed by atoms with Crippen molar-refractivity contribution in [2.75, 3.05) is 6.61 Å². The number of hydrogen-bond acceptors (Lipinski definition) is 1.